The fourth-order valence-corrected chi connectivity index (χ4v) is 3.73. The smallest absolute Gasteiger partial charge is 0.303 e. The zero-order chi connectivity index (χ0) is 21.0. The van der Waals surface area contributed by atoms with Gasteiger partial charge in [-0.3, -0.25) is 9.59 Å². The normalized spacial score (nSPS) is 17.4. The van der Waals surface area contributed by atoms with Crippen LogP contribution in [0.25, 0.3) is 0 Å². The lowest BCUT2D eigenvalue weighted by Gasteiger charge is -2.26. The third-order valence-corrected chi connectivity index (χ3v) is 5.24. The second-order valence-corrected chi connectivity index (χ2v) is 7.61. The first-order valence-electron chi connectivity index (χ1n) is 9.46. The van der Waals surface area contributed by atoms with E-state index in [-0.39, 0.29) is 24.9 Å². The van der Waals surface area contributed by atoms with Crippen LogP contribution in [0.3, 0.4) is 0 Å². The molecule has 2 unspecified atom stereocenters. The summed E-state index contributed by atoms with van der Waals surface area (Å²) in [5.74, 6) is -0.334. The molecule has 0 aliphatic carbocycles. The molecule has 0 bridgehead atoms. The van der Waals surface area contributed by atoms with Crippen LogP contribution < -0.4 is 9.64 Å². The summed E-state index contributed by atoms with van der Waals surface area (Å²) >= 11 is 6.28. The summed E-state index contributed by atoms with van der Waals surface area (Å²) in [6.07, 6.45) is 0.0404. The number of ether oxygens (including phenoxy) is 2. The number of hydrogen-bond acceptors (Lipinski definition) is 4. The summed E-state index contributed by atoms with van der Waals surface area (Å²) in [6.45, 7) is 2.25. The van der Waals surface area contributed by atoms with Gasteiger partial charge in [-0.25, -0.2) is 0 Å². The van der Waals surface area contributed by atoms with E-state index in [4.69, 9.17) is 26.2 Å². The minimum Gasteiger partial charge on any atom is -0.496 e. The molecule has 1 heterocycles. The van der Waals surface area contributed by atoms with Gasteiger partial charge in [-0.15, -0.1) is 0 Å². The van der Waals surface area contributed by atoms with Crippen LogP contribution in [-0.2, 0) is 14.3 Å². The first-order chi connectivity index (χ1) is 13.9. The second-order valence-electron chi connectivity index (χ2n) is 7.18. The van der Waals surface area contributed by atoms with E-state index in [0.29, 0.717) is 23.7 Å². The van der Waals surface area contributed by atoms with Crippen LogP contribution in [0, 0.1) is 5.92 Å². The number of para-hydroxylation sites is 1. The first kappa shape index (κ1) is 21.1. The summed E-state index contributed by atoms with van der Waals surface area (Å²) in [5.41, 5.74) is 2.31. The maximum Gasteiger partial charge on any atom is 0.303 e. The van der Waals surface area contributed by atoms with Crippen molar-refractivity contribution >= 4 is 29.2 Å². The van der Waals surface area contributed by atoms with E-state index in [2.05, 4.69) is 0 Å². The summed E-state index contributed by atoms with van der Waals surface area (Å²) in [4.78, 5) is 25.4. The summed E-state index contributed by atoms with van der Waals surface area (Å²) < 4.78 is 11.5. The summed E-state index contributed by atoms with van der Waals surface area (Å²) in [7, 11) is 1.59. The SMILES string of the molecule is COc1ccccc1C1OCC(=O)N(CC(C)CCC(=O)O)c2ccc(Cl)cc21. The molecule has 2 aromatic rings. The molecule has 0 radical (unpaired) electrons. The zero-order valence-corrected chi connectivity index (χ0v) is 17.2. The number of anilines is 1. The van der Waals surface area contributed by atoms with Crippen molar-refractivity contribution in [3.8, 4) is 5.75 Å². The Balaban J connectivity index is 2.00. The van der Waals surface area contributed by atoms with Gasteiger partial charge in [0, 0.05) is 34.8 Å². The fraction of sp³-hybridized carbons (Fsp3) is 0.364. The van der Waals surface area contributed by atoms with Crippen molar-refractivity contribution in [3.63, 3.8) is 0 Å². The van der Waals surface area contributed by atoms with Gasteiger partial charge in [-0.1, -0.05) is 36.7 Å². The molecule has 1 amide bonds. The number of methoxy groups -OCH3 is 1. The Bertz CT molecular complexity index is 901. The molecule has 3 rings (SSSR count). The van der Waals surface area contributed by atoms with Crippen molar-refractivity contribution in [2.24, 2.45) is 5.92 Å². The largest absolute Gasteiger partial charge is 0.496 e. The molecule has 0 saturated carbocycles. The Morgan fingerprint density at radius 3 is 2.79 bits per heavy atom. The second kappa shape index (κ2) is 9.29. The van der Waals surface area contributed by atoms with Crippen LogP contribution in [0.4, 0.5) is 5.69 Å². The molecular formula is C22H24ClNO5. The van der Waals surface area contributed by atoms with Crippen LogP contribution in [-0.4, -0.2) is 37.2 Å². The van der Waals surface area contributed by atoms with E-state index in [1.54, 1.807) is 18.1 Å². The summed E-state index contributed by atoms with van der Waals surface area (Å²) in [6, 6.07) is 12.9. The van der Waals surface area contributed by atoms with Gasteiger partial charge in [0.2, 0.25) is 0 Å². The van der Waals surface area contributed by atoms with Crippen LogP contribution in [0.15, 0.2) is 42.5 Å². The predicted octanol–water partition coefficient (Wildman–Crippen LogP) is 4.30. The van der Waals surface area contributed by atoms with Gasteiger partial charge in [0.1, 0.15) is 18.5 Å². The highest BCUT2D eigenvalue weighted by molar-refractivity contribution is 6.30. The minimum atomic E-state index is -0.842. The molecule has 1 aliphatic heterocycles. The number of carboxylic acid groups (broad SMARTS) is 1. The predicted molar refractivity (Wildman–Crippen MR) is 111 cm³/mol. The van der Waals surface area contributed by atoms with Gasteiger partial charge in [0.25, 0.3) is 5.91 Å². The van der Waals surface area contributed by atoms with Crippen molar-refractivity contribution in [1.29, 1.82) is 0 Å². The fourth-order valence-electron chi connectivity index (χ4n) is 3.55. The number of fused-ring (bicyclic) bond motifs is 1. The van der Waals surface area contributed by atoms with Gasteiger partial charge in [-0.2, -0.15) is 0 Å². The molecule has 1 aliphatic rings. The summed E-state index contributed by atoms with van der Waals surface area (Å²) in [5, 5.41) is 9.48. The molecule has 2 atom stereocenters. The van der Waals surface area contributed by atoms with E-state index in [1.165, 1.54) is 0 Å². The number of amides is 1. The van der Waals surface area contributed by atoms with E-state index >= 15 is 0 Å². The van der Waals surface area contributed by atoms with E-state index in [9.17, 15) is 9.59 Å². The number of carboxylic acids is 1. The van der Waals surface area contributed by atoms with Gasteiger partial charge < -0.3 is 19.5 Å². The molecule has 154 valence electrons. The standard InChI is InChI=1S/C22H24ClNO5/c1-14(7-10-21(26)27)12-24-18-9-8-15(23)11-17(18)22(29-13-20(24)25)16-5-3-4-6-19(16)28-2/h3-6,8-9,11,14,22H,7,10,12-13H2,1-2H3,(H,26,27). The number of carbonyl (C=O) groups excluding carboxylic acids is 1. The van der Waals surface area contributed by atoms with E-state index < -0.39 is 12.1 Å². The molecule has 7 heteroatoms. The third-order valence-electron chi connectivity index (χ3n) is 5.00. The molecular weight excluding hydrogens is 394 g/mol. The number of benzene rings is 2. The highest BCUT2D eigenvalue weighted by atomic mass is 35.5. The van der Waals surface area contributed by atoms with Crippen molar-refractivity contribution in [1.82, 2.24) is 0 Å². The molecule has 0 spiro atoms. The number of halogens is 1. The number of aliphatic carboxylic acids is 1. The Labute approximate surface area is 175 Å². The van der Waals surface area contributed by atoms with Crippen LogP contribution >= 0.6 is 11.6 Å². The Kier molecular flexibility index (Phi) is 6.77. The highest BCUT2D eigenvalue weighted by Crippen LogP contribution is 2.41. The average molecular weight is 418 g/mol. The number of carbonyl (C=O) groups is 2. The average Bonchev–Trinajstić information content (AvgIpc) is 2.83. The Morgan fingerprint density at radius 2 is 2.07 bits per heavy atom. The molecule has 0 aromatic heterocycles. The lowest BCUT2D eigenvalue weighted by Crippen LogP contribution is -2.36. The zero-order valence-electron chi connectivity index (χ0n) is 16.4. The number of hydrogen-bond donors (Lipinski definition) is 1. The first-order valence-corrected chi connectivity index (χ1v) is 9.84. The van der Waals surface area contributed by atoms with Crippen LogP contribution in [0.5, 0.6) is 5.75 Å². The quantitative estimate of drug-likeness (QED) is 0.726. The lowest BCUT2D eigenvalue weighted by atomic mass is 9.97. The molecule has 29 heavy (non-hydrogen) atoms. The molecule has 2 aromatic carbocycles. The monoisotopic (exact) mass is 417 g/mol. The van der Waals surface area contributed by atoms with Gasteiger partial charge >= 0.3 is 5.97 Å². The number of nitrogens with zero attached hydrogens (tertiary/aromatic N) is 1. The van der Waals surface area contributed by atoms with Crippen molar-refractivity contribution in [2.75, 3.05) is 25.2 Å². The molecule has 0 fully saturated rings. The highest BCUT2D eigenvalue weighted by Gasteiger charge is 2.32. The van der Waals surface area contributed by atoms with Gasteiger partial charge in [-0.05, 0) is 36.6 Å². The lowest BCUT2D eigenvalue weighted by molar-refractivity contribution is -0.137. The van der Waals surface area contributed by atoms with Crippen molar-refractivity contribution < 1.29 is 24.2 Å². The van der Waals surface area contributed by atoms with Gasteiger partial charge in [0.05, 0.1) is 7.11 Å². The molecule has 0 saturated heterocycles. The molecule has 6 nitrogen and oxygen atoms in total. The maximum atomic E-state index is 12.9. The van der Waals surface area contributed by atoms with Crippen molar-refractivity contribution in [3.05, 3.63) is 58.6 Å². The topological polar surface area (TPSA) is 76.1 Å². The third kappa shape index (κ3) is 4.89. The van der Waals surface area contributed by atoms with Gasteiger partial charge in [0.15, 0.2) is 0 Å². The van der Waals surface area contributed by atoms with Crippen LogP contribution in [0.1, 0.15) is 37.0 Å². The van der Waals surface area contributed by atoms with Crippen molar-refractivity contribution in [2.45, 2.75) is 25.9 Å². The minimum absolute atomic E-state index is 0.0152. The molecule has 1 N–H and O–H groups in total. The Morgan fingerprint density at radius 1 is 1.31 bits per heavy atom. The van der Waals surface area contributed by atoms with E-state index in [0.717, 1.165) is 16.8 Å². The van der Waals surface area contributed by atoms with Crippen LogP contribution in [0.2, 0.25) is 5.02 Å². The Hall–Kier alpha value is -2.57. The number of rotatable bonds is 7. The van der Waals surface area contributed by atoms with E-state index in [1.807, 2.05) is 43.3 Å². The maximum absolute atomic E-state index is 12.9.